The second kappa shape index (κ2) is 9.20. The number of hydrogen-bond donors (Lipinski definition) is 2. The SMILES string of the molecule is CC(=O)Nc1ccc(S(=O)(=O)N(C)CC(=O)Nc2cc(-n3nnnc3C)ccc2F)cc1. The summed E-state index contributed by atoms with van der Waals surface area (Å²) in [5.41, 5.74) is 0.710. The first-order valence-corrected chi connectivity index (χ1v) is 10.7. The van der Waals surface area contributed by atoms with Crippen LogP contribution in [0.25, 0.3) is 5.69 Å². The van der Waals surface area contributed by atoms with Gasteiger partial charge in [0.1, 0.15) is 5.82 Å². The van der Waals surface area contributed by atoms with Crippen molar-refractivity contribution in [3.8, 4) is 5.69 Å². The highest BCUT2D eigenvalue weighted by Gasteiger charge is 2.23. The van der Waals surface area contributed by atoms with Crippen molar-refractivity contribution in [1.82, 2.24) is 24.5 Å². The van der Waals surface area contributed by atoms with E-state index in [-0.39, 0.29) is 16.5 Å². The van der Waals surface area contributed by atoms with E-state index in [1.165, 1.54) is 55.1 Å². The summed E-state index contributed by atoms with van der Waals surface area (Å²) in [5, 5.41) is 15.9. The van der Waals surface area contributed by atoms with E-state index in [0.29, 0.717) is 17.2 Å². The Bertz CT molecular complexity index is 1260. The average Bonchev–Trinajstić information content (AvgIpc) is 3.15. The Balaban J connectivity index is 1.72. The molecule has 3 aromatic rings. The Labute approximate surface area is 183 Å². The molecule has 3 rings (SSSR count). The molecule has 0 radical (unpaired) electrons. The van der Waals surface area contributed by atoms with E-state index in [1.54, 1.807) is 6.92 Å². The molecule has 168 valence electrons. The minimum atomic E-state index is -4.00. The highest BCUT2D eigenvalue weighted by atomic mass is 32.2. The lowest BCUT2D eigenvalue weighted by Crippen LogP contribution is -2.35. The Morgan fingerprint density at radius 1 is 1.12 bits per heavy atom. The van der Waals surface area contributed by atoms with Crippen LogP contribution in [0.2, 0.25) is 0 Å². The van der Waals surface area contributed by atoms with Crippen LogP contribution < -0.4 is 10.6 Å². The number of aryl methyl sites for hydroxylation is 1. The zero-order valence-electron chi connectivity index (χ0n) is 17.4. The highest BCUT2D eigenvalue weighted by Crippen LogP contribution is 2.20. The number of nitrogens with zero attached hydrogens (tertiary/aromatic N) is 5. The number of carbonyl (C=O) groups is 2. The first-order valence-electron chi connectivity index (χ1n) is 9.26. The Morgan fingerprint density at radius 3 is 2.41 bits per heavy atom. The summed E-state index contributed by atoms with van der Waals surface area (Å²) in [6.45, 7) is 2.44. The second-order valence-corrected chi connectivity index (χ2v) is 8.86. The van der Waals surface area contributed by atoms with E-state index in [9.17, 15) is 22.4 Å². The monoisotopic (exact) mass is 461 g/mol. The van der Waals surface area contributed by atoms with Gasteiger partial charge in [-0.15, -0.1) is 5.10 Å². The molecule has 0 aliphatic rings. The molecule has 0 unspecified atom stereocenters. The lowest BCUT2D eigenvalue weighted by atomic mass is 10.2. The van der Waals surface area contributed by atoms with Gasteiger partial charge in [0, 0.05) is 19.7 Å². The van der Waals surface area contributed by atoms with Crippen molar-refractivity contribution in [3.05, 3.63) is 54.1 Å². The zero-order valence-corrected chi connectivity index (χ0v) is 18.2. The number of carbonyl (C=O) groups excluding carboxylic acids is 2. The van der Waals surface area contributed by atoms with Crippen molar-refractivity contribution in [3.63, 3.8) is 0 Å². The molecule has 11 nitrogen and oxygen atoms in total. The molecule has 0 aliphatic carbocycles. The van der Waals surface area contributed by atoms with Gasteiger partial charge in [0.2, 0.25) is 21.8 Å². The molecule has 2 N–H and O–H groups in total. The largest absolute Gasteiger partial charge is 0.326 e. The van der Waals surface area contributed by atoms with Gasteiger partial charge in [-0.2, -0.15) is 8.99 Å². The van der Waals surface area contributed by atoms with Gasteiger partial charge in [-0.25, -0.2) is 12.8 Å². The van der Waals surface area contributed by atoms with Gasteiger partial charge in [-0.05, 0) is 59.8 Å². The summed E-state index contributed by atoms with van der Waals surface area (Å²) in [6.07, 6.45) is 0. The first-order chi connectivity index (χ1) is 15.1. The number of rotatable bonds is 7. The maximum absolute atomic E-state index is 14.2. The molecule has 0 saturated carbocycles. The summed E-state index contributed by atoms with van der Waals surface area (Å²) in [4.78, 5) is 23.4. The quantitative estimate of drug-likeness (QED) is 0.541. The lowest BCUT2D eigenvalue weighted by molar-refractivity contribution is -0.116. The van der Waals surface area contributed by atoms with Gasteiger partial charge >= 0.3 is 0 Å². The van der Waals surface area contributed by atoms with Gasteiger partial charge in [-0.1, -0.05) is 0 Å². The fourth-order valence-electron chi connectivity index (χ4n) is 2.78. The molecule has 13 heteroatoms. The molecule has 32 heavy (non-hydrogen) atoms. The van der Waals surface area contributed by atoms with Crippen LogP contribution in [0.15, 0.2) is 47.4 Å². The third-order valence-electron chi connectivity index (χ3n) is 4.34. The van der Waals surface area contributed by atoms with E-state index in [0.717, 1.165) is 10.4 Å². The van der Waals surface area contributed by atoms with Crippen LogP contribution in [-0.4, -0.2) is 58.3 Å². The first kappa shape index (κ1) is 23.0. The molecule has 0 bridgehead atoms. The van der Waals surface area contributed by atoms with Gasteiger partial charge in [0.05, 0.1) is 22.8 Å². The van der Waals surface area contributed by atoms with Crippen molar-refractivity contribution in [2.45, 2.75) is 18.7 Å². The molecule has 2 aromatic carbocycles. The zero-order chi connectivity index (χ0) is 23.5. The predicted molar refractivity (Wildman–Crippen MR) is 113 cm³/mol. The number of likely N-dealkylation sites (N-methyl/N-ethyl adjacent to an activating group) is 1. The molecular formula is C19H20FN7O4S. The van der Waals surface area contributed by atoms with E-state index in [4.69, 9.17) is 0 Å². The molecule has 1 heterocycles. The summed E-state index contributed by atoms with van der Waals surface area (Å²) in [6, 6.07) is 9.41. The Hall–Kier alpha value is -3.71. The number of aromatic nitrogens is 4. The fourth-order valence-corrected chi connectivity index (χ4v) is 3.91. The number of halogens is 1. The predicted octanol–water partition coefficient (Wildman–Crippen LogP) is 1.33. The number of sulfonamides is 1. The van der Waals surface area contributed by atoms with E-state index in [1.807, 2.05) is 0 Å². The molecule has 1 aromatic heterocycles. The second-order valence-electron chi connectivity index (χ2n) is 6.82. The lowest BCUT2D eigenvalue weighted by Gasteiger charge is -2.17. The van der Waals surface area contributed by atoms with Crippen LogP contribution in [0, 0.1) is 12.7 Å². The van der Waals surface area contributed by atoms with Crippen molar-refractivity contribution in [2.24, 2.45) is 0 Å². The third-order valence-corrected chi connectivity index (χ3v) is 6.16. The smallest absolute Gasteiger partial charge is 0.243 e. The summed E-state index contributed by atoms with van der Waals surface area (Å²) in [5.74, 6) is -1.27. The summed E-state index contributed by atoms with van der Waals surface area (Å²) < 4.78 is 41.8. The van der Waals surface area contributed by atoms with Crippen LogP contribution in [0.1, 0.15) is 12.7 Å². The molecular weight excluding hydrogens is 441 g/mol. The maximum atomic E-state index is 14.2. The number of nitrogens with one attached hydrogen (secondary N) is 2. The van der Waals surface area contributed by atoms with Crippen LogP contribution in [0.3, 0.4) is 0 Å². The van der Waals surface area contributed by atoms with Crippen LogP contribution in [-0.2, 0) is 19.6 Å². The van der Waals surface area contributed by atoms with E-state index in [2.05, 4.69) is 26.2 Å². The minimum absolute atomic E-state index is 0.0655. The molecule has 0 atom stereocenters. The number of amides is 2. The van der Waals surface area contributed by atoms with Gasteiger partial charge in [-0.3, -0.25) is 9.59 Å². The Morgan fingerprint density at radius 2 is 1.81 bits per heavy atom. The molecule has 0 spiro atoms. The molecule has 2 amide bonds. The van der Waals surface area contributed by atoms with E-state index < -0.39 is 28.3 Å². The Kier molecular flexibility index (Phi) is 6.60. The molecule has 0 aliphatic heterocycles. The van der Waals surface area contributed by atoms with Crippen molar-refractivity contribution < 1.29 is 22.4 Å². The van der Waals surface area contributed by atoms with E-state index >= 15 is 0 Å². The third kappa shape index (κ3) is 5.12. The fraction of sp³-hybridized carbons (Fsp3) is 0.211. The summed E-state index contributed by atoms with van der Waals surface area (Å²) >= 11 is 0. The average molecular weight is 461 g/mol. The number of benzene rings is 2. The summed E-state index contributed by atoms with van der Waals surface area (Å²) in [7, 11) is -2.77. The van der Waals surface area contributed by atoms with Crippen molar-refractivity contribution in [1.29, 1.82) is 0 Å². The molecule has 0 fully saturated rings. The molecule has 0 saturated heterocycles. The minimum Gasteiger partial charge on any atom is -0.326 e. The van der Waals surface area contributed by atoms with Gasteiger partial charge < -0.3 is 10.6 Å². The van der Waals surface area contributed by atoms with Crippen LogP contribution in [0.5, 0.6) is 0 Å². The number of tetrazole rings is 1. The van der Waals surface area contributed by atoms with Gasteiger partial charge in [0.15, 0.2) is 5.82 Å². The topological polar surface area (TPSA) is 139 Å². The maximum Gasteiger partial charge on any atom is 0.243 e. The van der Waals surface area contributed by atoms with Gasteiger partial charge in [0.25, 0.3) is 0 Å². The standard InChI is InChI=1S/C19H20FN7O4S/c1-12-23-24-25-27(12)15-6-9-17(20)18(10-15)22-19(29)11-26(3)32(30,31)16-7-4-14(5-8-16)21-13(2)28/h4-10H,11H2,1-3H3,(H,21,28)(H,22,29). The van der Waals surface area contributed by atoms with Crippen molar-refractivity contribution in [2.75, 3.05) is 24.2 Å². The van der Waals surface area contributed by atoms with Crippen LogP contribution in [0.4, 0.5) is 15.8 Å². The number of anilines is 2. The highest BCUT2D eigenvalue weighted by molar-refractivity contribution is 7.89. The van der Waals surface area contributed by atoms with Crippen LogP contribution >= 0.6 is 0 Å². The number of hydrogen-bond acceptors (Lipinski definition) is 7. The normalized spacial score (nSPS) is 11.4. The van der Waals surface area contributed by atoms with Crippen molar-refractivity contribution >= 4 is 33.2 Å².